The lowest BCUT2D eigenvalue weighted by atomic mass is 10.0. The Morgan fingerprint density at radius 1 is 0.662 bits per heavy atom. The molecule has 1 heterocycles. The molecule has 4 rings (SSSR count). The number of nitrogens with one attached hydrogen (secondary N) is 8. The molecule has 0 radical (unpaired) electrons. The quantitative estimate of drug-likeness (QED) is 0.0389. The molecule has 5 atom stereocenters. The van der Waals surface area contributed by atoms with Crippen LogP contribution in [0.5, 0.6) is 5.75 Å². The number of ether oxygens (including phenoxy) is 1. The van der Waals surface area contributed by atoms with Gasteiger partial charge in [-0.05, 0) is 93.4 Å². The SMILES string of the molecule is CCCC[C@H](NC(=O)[C@H](Cc1ccc(O)cc1)NC(=O)OC(C)(C)C)C(=O)NCC(=O)N[C@@H](Cc1c[nH]c2ccccc12)C(=O)N[C@@H](CCSC)C(=O)N[C@@H](CCC(=O)O)C(=O)NCCc1ccccc1. The van der Waals surface area contributed by atoms with Crippen molar-refractivity contribution in [3.63, 3.8) is 0 Å². The molecule has 71 heavy (non-hydrogen) atoms. The van der Waals surface area contributed by atoms with Crippen LogP contribution in [-0.2, 0) is 57.6 Å². The number of rotatable bonds is 28. The molecule has 0 spiro atoms. The molecule has 0 aliphatic carbocycles. The molecular weight excluding hydrogens is 933 g/mol. The van der Waals surface area contributed by atoms with E-state index in [4.69, 9.17) is 4.74 Å². The van der Waals surface area contributed by atoms with Gasteiger partial charge in [0.2, 0.25) is 35.4 Å². The Kier molecular flexibility index (Phi) is 22.7. The van der Waals surface area contributed by atoms with Gasteiger partial charge in [-0.15, -0.1) is 0 Å². The standard InChI is InChI=1S/C51H68N8O11S/c1-6-7-16-38(56-48(67)41(59-50(69)70-51(2,3)4)28-33-18-20-35(60)21-19-33)46(65)54-31-43(61)55-42(29-34-30-53-37-17-12-11-15-36(34)37)49(68)58-40(25-27-71-5)47(66)57-39(22-23-44(62)63)45(64)52-26-24-32-13-9-8-10-14-32/h8-15,17-21,30,38-42,53,60H,6-7,16,22-29,31H2,1-5H3,(H,52,64)(H,54,65)(H,55,61)(H,56,67)(H,57,66)(H,58,68)(H,59,69)(H,62,63)/t38-,39-,40-,41-,42-/m0/s1. The van der Waals surface area contributed by atoms with Crippen LogP contribution < -0.4 is 37.2 Å². The Hall–Kier alpha value is -7.09. The van der Waals surface area contributed by atoms with E-state index in [1.54, 1.807) is 39.1 Å². The van der Waals surface area contributed by atoms with Crippen LogP contribution in [0.4, 0.5) is 4.79 Å². The fraction of sp³-hybridized carbons (Fsp3) is 0.451. The van der Waals surface area contributed by atoms with Gasteiger partial charge in [-0.25, -0.2) is 4.79 Å². The predicted octanol–water partition coefficient (Wildman–Crippen LogP) is 3.77. The van der Waals surface area contributed by atoms with Crippen LogP contribution in [0.2, 0.25) is 0 Å². The number of carboxylic acids is 1. The Labute approximate surface area is 418 Å². The van der Waals surface area contributed by atoms with Gasteiger partial charge in [0.25, 0.3) is 0 Å². The molecule has 4 aromatic rings. The van der Waals surface area contributed by atoms with Gasteiger partial charge in [-0.1, -0.05) is 80.4 Å². The van der Waals surface area contributed by atoms with E-state index in [-0.39, 0.29) is 44.4 Å². The monoisotopic (exact) mass is 1000 g/mol. The summed E-state index contributed by atoms with van der Waals surface area (Å²) in [6, 6.07) is 16.8. The smallest absolute Gasteiger partial charge is 0.408 e. The average molecular weight is 1000 g/mol. The maximum atomic E-state index is 14.3. The molecule has 3 aromatic carbocycles. The zero-order valence-electron chi connectivity index (χ0n) is 40.9. The molecule has 0 saturated carbocycles. The number of H-pyrrole nitrogens is 1. The van der Waals surface area contributed by atoms with Crippen molar-refractivity contribution in [1.29, 1.82) is 0 Å². The van der Waals surface area contributed by atoms with Gasteiger partial charge in [0.05, 0.1) is 6.54 Å². The number of fused-ring (bicyclic) bond motifs is 1. The second kappa shape index (κ2) is 28.5. The first kappa shape index (κ1) is 56.5. The minimum Gasteiger partial charge on any atom is -0.508 e. The molecule has 0 bridgehead atoms. The largest absolute Gasteiger partial charge is 0.508 e. The van der Waals surface area contributed by atoms with Gasteiger partial charge in [-0.3, -0.25) is 33.6 Å². The third-order valence-corrected chi connectivity index (χ3v) is 11.8. The number of aliphatic carboxylic acids is 1. The van der Waals surface area contributed by atoms with E-state index in [0.29, 0.717) is 36.1 Å². The van der Waals surface area contributed by atoms with Crippen molar-refractivity contribution in [2.75, 3.05) is 25.1 Å². The minimum atomic E-state index is -1.29. The highest BCUT2D eigenvalue weighted by molar-refractivity contribution is 7.98. The first-order chi connectivity index (χ1) is 33.8. The first-order valence-corrected chi connectivity index (χ1v) is 25.1. The fourth-order valence-corrected chi connectivity index (χ4v) is 7.90. The summed E-state index contributed by atoms with van der Waals surface area (Å²) in [4.78, 5) is 111. The second-order valence-electron chi connectivity index (χ2n) is 18.0. The van der Waals surface area contributed by atoms with Crippen LogP contribution in [0.1, 0.15) is 82.9 Å². The lowest BCUT2D eigenvalue weighted by Gasteiger charge is -2.26. The number of hydrogen-bond donors (Lipinski definition) is 10. The summed E-state index contributed by atoms with van der Waals surface area (Å²) in [5.74, 6) is -4.94. The number of amides is 7. The highest BCUT2D eigenvalue weighted by Gasteiger charge is 2.32. The van der Waals surface area contributed by atoms with Gasteiger partial charge in [-0.2, -0.15) is 11.8 Å². The van der Waals surface area contributed by atoms with Crippen molar-refractivity contribution < 1.29 is 53.3 Å². The number of carbonyl (C=O) groups excluding carboxylic acids is 7. The highest BCUT2D eigenvalue weighted by atomic mass is 32.2. The molecule has 0 unspecified atom stereocenters. The molecule has 20 heteroatoms. The summed E-state index contributed by atoms with van der Waals surface area (Å²) in [6.45, 7) is 6.54. The lowest BCUT2D eigenvalue weighted by Crippen LogP contribution is -2.58. The fourth-order valence-electron chi connectivity index (χ4n) is 7.43. The Morgan fingerprint density at radius 3 is 1.89 bits per heavy atom. The summed E-state index contributed by atoms with van der Waals surface area (Å²) in [6.07, 6.45) is 3.98. The molecular formula is C51H68N8O11S. The van der Waals surface area contributed by atoms with Crippen molar-refractivity contribution in [2.24, 2.45) is 0 Å². The normalized spacial score (nSPS) is 13.3. The van der Waals surface area contributed by atoms with E-state index in [9.17, 15) is 48.6 Å². The Morgan fingerprint density at radius 2 is 1.25 bits per heavy atom. The maximum absolute atomic E-state index is 14.3. The Bertz CT molecular complexity index is 2410. The van der Waals surface area contributed by atoms with Crippen LogP contribution in [0.15, 0.2) is 85.1 Å². The summed E-state index contributed by atoms with van der Waals surface area (Å²) in [7, 11) is 0. The van der Waals surface area contributed by atoms with Crippen molar-refractivity contribution >= 4 is 70.2 Å². The van der Waals surface area contributed by atoms with Crippen molar-refractivity contribution in [3.8, 4) is 5.75 Å². The number of alkyl carbamates (subject to hydrolysis) is 1. The van der Waals surface area contributed by atoms with Crippen molar-refractivity contribution in [1.82, 2.24) is 42.2 Å². The number of carbonyl (C=O) groups is 8. The topological polar surface area (TPSA) is 286 Å². The van der Waals surface area contributed by atoms with Crippen LogP contribution in [0.25, 0.3) is 10.9 Å². The number of thioether (sulfide) groups is 1. The number of unbranched alkanes of at least 4 members (excludes halogenated alkanes) is 1. The molecule has 0 saturated heterocycles. The lowest BCUT2D eigenvalue weighted by molar-refractivity contribution is -0.138. The number of phenolic OH excluding ortho intramolecular Hbond substituents is 1. The highest BCUT2D eigenvalue weighted by Crippen LogP contribution is 2.20. The zero-order valence-corrected chi connectivity index (χ0v) is 41.7. The van der Waals surface area contributed by atoms with E-state index in [0.717, 1.165) is 16.5 Å². The third kappa shape index (κ3) is 20.0. The number of phenols is 1. The van der Waals surface area contributed by atoms with Gasteiger partial charge in [0, 0.05) is 42.9 Å². The maximum Gasteiger partial charge on any atom is 0.408 e. The van der Waals surface area contributed by atoms with Gasteiger partial charge < -0.3 is 57.2 Å². The molecule has 384 valence electrons. The molecule has 19 nitrogen and oxygen atoms in total. The Balaban J connectivity index is 1.50. The van der Waals surface area contributed by atoms with Gasteiger partial charge >= 0.3 is 12.1 Å². The summed E-state index contributed by atoms with van der Waals surface area (Å²) < 4.78 is 5.40. The van der Waals surface area contributed by atoms with Crippen LogP contribution >= 0.6 is 11.8 Å². The molecule has 0 fully saturated rings. The molecule has 7 amide bonds. The van der Waals surface area contributed by atoms with Crippen LogP contribution in [0.3, 0.4) is 0 Å². The molecule has 1 aromatic heterocycles. The van der Waals surface area contributed by atoms with E-state index >= 15 is 0 Å². The predicted molar refractivity (Wildman–Crippen MR) is 270 cm³/mol. The van der Waals surface area contributed by atoms with Gasteiger partial charge in [0.1, 0.15) is 41.6 Å². The average Bonchev–Trinajstić information content (AvgIpc) is 3.74. The van der Waals surface area contributed by atoms with Crippen molar-refractivity contribution in [3.05, 3.63) is 102 Å². The number of para-hydroxylation sites is 1. The van der Waals surface area contributed by atoms with Gasteiger partial charge in [0.15, 0.2) is 0 Å². The van der Waals surface area contributed by atoms with E-state index in [1.165, 1.54) is 23.9 Å². The first-order valence-electron chi connectivity index (χ1n) is 23.7. The molecule has 0 aliphatic rings. The van der Waals surface area contributed by atoms with Crippen molar-refractivity contribution in [2.45, 2.75) is 121 Å². The number of aromatic amines is 1. The summed E-state index contributed by atoms with van der Waals surface area (Å²) >= 11 is 1.41. The number of aromatic hydroxyl groups is 1. The number of hydrogen-bond acceptors (Lipinski definition) is 11. The van der Waals surface area contributed by atoms with E-state index in [1.807, 2.05) is 67.8 Å². The second-order valence-corrected chi connectivity index (χ2v) is 19.0. The number of benzene rings is 3. The van der Waals surface area contributed by atoms with Crippen LogP contribution in [0, 0.1) is 0 Å². The summed E-state index contributed by atoms with van der Waals surface area (Å²) in [5, 5.41) is 38.8. The molecule has 0 aliphatic heterocycles. The summed E-state index contributed by atoms with van der Waals surface area (Å²) in [5.41, 5.74) is 2.15. The van der Waals surface area contributed by atoms with E-state index in [2.05, 4.69) is 42.2 Å². The number of aromatic nitrogens is 1. The zero-order chi connectivity index (χ0) is 51.9. The third-order valence-electron chi connectivity index (χ3n) is 11.1. The minimum absolute atomic E-state index is 0.00855. The van der Waals surface area contributed by atoms with Crippen LogP contribution in [-0.4, -0.2) is 124 Å². The number of carboxylic acid groups (broad SMARTS) is 1. The van der Waals surface area contributed by atoms with E-state index < -0.39 is 96.3 Å². The molecule has 10 N–H and O–H groups in total.